The Hall–Kier alpha value is -4.29. The summed E-state index contributed by atoms with van der Waals surface area (Å²) in [5, 5.41) is 15.2. The lowest BCUT2D eigenvalue weighted by Gasteiger charge is -2.42. The van der Waals surface area contributed by atoms with Crippen LogP contribution in [0.3, 0.4) is 0 Å². The minimum absolute atomic E-state index is 0.0464. The number of benzene rings is 1. The molecule has 0 saturated carbocycles. The first-order chi connectivity index (χ1) is 17.9. The van der Waals surface area contributed by atoms with Gasteiger partial charge >= 0.3 is 10.3 Å². The van der Waals surface area contributed by atoms with Crippen molar-refractivity contribution in [2.45, 2.75) is 25.6 Å². The average molecular weight is 570 g/mol. The number of oxime groups is 1. The normalized spacial score (nSPS) is 17.4. The number of rotatable bonds is 13. The summed E-state index contributed by atoms with van der Waals surface area (Å²) in [6.07, 6.45) is 0. The van der Waals surface area contributed by atoms with Crippen molar-refractivity contribution in [2.75, 3.05) is 18.9 Å². The van der Waals surface area contributed by atoms with Gasteiger partial charge in [-0.25, -0.2) is 9.29 Å². The van der Waals surface area contributed by atoms with E-state index in [1.165, 1.54) is 24.4 Å². The van der Waals surface area contributed by atoms with Crippen LogP contribution in [0.25, 0.3) is 0 Å². The molecule has 3 rings (SSSR count). The third-order valence-electron chi connectivity index (χ3n) is 5.12. The first-order valence-corrected chi connectivity index (χ1v) is 12.9. The third-order valence-corrected chi connectivity index (χ3v) is 6.80. The van der Waals surface area contributed by atoms with Gasteiger partial charge in [-0.2, -0.15) is 8.42 Å². The smallest absolute Gasteiger partial charge is 0.362 e. The van der Waals surface area contributed by atoms with Crippen molar-refractivity contribution in [3.05, 3.63) is 40.4 Å². The number of carbonyl (C=O) groups is 3. The van der Waals surface area contributed by atoms with Crippen LogP contribution >= 0.6 is 11.3 Å². The number of amidine groups is 1. The van der Waals surface area contributed by atoms with Crippen LogP contribution in [0.2, 0.25) is 0 Å². The number of aromatic nitrogens is 1. The monoisotopic (exact) mass is 569 g/mol. The molecule has 0 unspecified atom stereocenters. The number of nitrogens with one attached hydrogen (secondary N) is 2. The molecule has 1 aromatic carbocycles. The molecule has 18 heteroatoms. The van der Waals surface area contributed by atoms with Crippen LogP contribution in [-0.4, -0.2) is 77.4 Å². The molecule has 0 spiro atoms. The van der Waals surface area contributed by atoms with E-state index in [0.717, 1.165) is 11.3 Å². The largest absolute Gasteiger partial charge is 0.490 e. The Morgan fingerprint density at radius 1 is 1.39 bits per heavy atom. The topological polar surface area (TPSA) is 250 Å². The number of anilines is 1. The summed E-state index contributed by atoms with van der Waals surface area (Å²) >= 11 is 1.02. The van der Waals surface area contributed by atoms with Crippen molar-refractivity contribution in [1.82, 2.24) is 14.6 Å². The van der Waals surface area contributed by atoms with Crippen molar-refractivity contribution in [2.24, 2.45) is 10.9 Å². The van der Waals surface area contributed by atoms with Crippen LogP contribution in [0.4, 0.5) is 5.13 Å². The van der Waals surface area contributed by atoms with Gasteiger partial charge in [0.05, 0.1) is 6.04 Å². The SMILES string of the molecule is C[C@H]1[C@H](NC(=O)/C(=N\OCCOc2ccc(C(=N)N)cc2COC=O)c2csc(N)n2)C(=O)N1S(=O)(=O)O. The molecular formula is C20H23N7O9S2. The van der Waals surface area contributed by atoms with Crippen molar-refractivity contribution in [3.8, 4) is 5.75 Å². The Bertz CT molecular complexity index is 1380. The summed E-state index contributed by atoms with van der Waals surface area (Å²) in [7, 11) is -4.77. The molecule has 1 aliphatic heterocycles. The van der Waals surface area contributed by atoms with Crippen LogP contribution in [0, 0.1) is 5.41 Å². The number of hydrogen-bond acceptors (Lipinski definition) is 13. The minimum Gasteiger partial charge on any atom is -0.490 e. The summed E-state index contributed by atoms with van der Waals surface area (Å²) in [5.74, 6) is -1.77. The molecular weight excluding hydrogens is 546 g/mol. The fourth-order valence-electron chi connectivity index (χ4n) is 3.34. The van der Waals surface area contributed by atoms with Gasteiger partial charge in [-0.1, -0.05) is 5.16 Å². The molecule has 1 aromatic heterocycles. The lowest BCUT2D eigenvalue weighted by Crippen LogP contribution is -2.71. The van der Waals surface area contributed by atoms with Gasteiger partial charge in [0.25, 0.3) is 18.3 Å². The number of carbonyl (C=O) groups excluding carboxylic acids is 3. The number of β-lactam (4-membered cyclic amide) rings is 1. The lowest BCUT2D eigenvalue weighted by molar-refractivity contribution is -0.143. The van der Waals surface area contributed by atoms with Crippen molar-refractivity contribution >= 4 is 56.6 Å². The van der Waals surface area contributed by atoms with Crippen LogP contribution in [0.5, 0.6) is 5.75 Å². The van der Waals surface area contributed by atoms with E-state index in [9.17, 15) is 22.8 Å². The number of ether oxygens (including phenoxy) is 2. The Labute approximate surface area is 219 Å². The van der Waals surface area contributed by atoms with Gasteiger partial charge in [0.2, 0.25) is 0 Å². The standard InChI is InChI=1S/C20H23N7O9S2/c1-10-15(19(30)27(10)38(31,32)33)25-18(29)16(13-8-37-20(23)24-13)26-36-5-4-35-14-3-2-11(17(21)22)6-12(14)7-34-9-28/h2-3,6,8-10,15H,4-5,7H2,1H3,(H3,21,22)(H2,23,24)(H,25,29)(H,31,32,33)/b26-16-/t10-,15-/m0/s1. The van der Waals surface area contributed by atoms with E-state index >= 15 is 0 Å². The van der Waals surface area contributed by atoms with Crippen molar-refractivity contribution < 1.29 is 41.7 Å². The predicted octanol–water partition coefficient (Wildman–Crippen LogP) is -1.000. The van der Waals surface area contributed by atoms with Gasteiger partial charge in [-0.3, -0.25) is 24.3 Å². The fourth-order valence-corrected chi connectivity index (χ4v) is 4.77. The highest BCUT2D eigenvalue weighted by atomic mass is 32.2. The average Bonchev–Trinajstić information content (AvgIpc) is 3.28. The first-order valence-electron chi connectivity index (χ1n) is 10.6. The van der Waals surface area contributed by atoms with Gasteiger partial charge in [0.1, 0.15) is 36.5 Å². The molecule has 2 heterocycles. The molecule has 1 aliphatic rings. The second-order valence-electron chi connectivity index (χ2n) is 7.64. The molecule has 0 aliphatic carbocycles. The third kappa shape index (κ3) is 6.52. The zero-order valence-electron chi connectivity index (χ0n) is 19.7. The number of nitrogens with two attached hydrogens (primary N) is 2. The molecule has 204 valence electrons. The number of nitrogen functional groups attached to an aromatic ring is 2. The summed E-state index contributed by atoms with van der Waals surface area (Å²) < 4.78 is 42.3. The molecule has 2 atom stereocenters. The summed E-state index contributed by atoms with van der Waals surface area (Å²) in [4.78, 5) is 44.7. The molecule has 1 saturated heterocycles. The van der Waals surface area contributed by atoms with E-state index < -0.39 is 34.2 Å². The maximum absolute atomic E-state index is 12.8. The van der Waals surface area contributed by atoms with E-state index in [4.69, 9.17) is 35.7 Å². The minimum atomic E-state index is -4.77. The second kappa shape index (κ2) is 11.8. The molecule has 2 aromatic rings. The molecule has 2 amide bonds. The molecule has 0 bridgehead atoms. The number of amides is 2. The van der Waals surface area contributed by atoms with E-state index in [2.05, 4.69) is 15.5 Å². The quantitative estimate of drug-likeness (QED) is 0.0370. The first kappa shape index (κ1) is 28.3. The van der Waals surface area contributed by atoms with Crippen molar-refractivity contribution in [1.29, 1.82) is 5.41 Å². The highest BCUT2D eigenvalue weighted by molar-refractivity contribution is 7.84. The second-order valence-corrected chi connectivity index (χ2v) is 9.82. The Kier molecular flexibility index (Phi) is 8.81. The zero-order chi connectivity index (χ0) is 28.0. The van der Waals surface area contributed by atoms with E-state index in [1.54, 1.807) is 6.07 Å². The Morgan fingerprint density at radius 3 is 2.71 bits per heavy atom. The molecule has 0 radical (unpaired) electrons. The molecule has 1 fully saturated rings. The molecule has 7 N–H and O–H groups in total. The van der Waals surface area contributed by atoms with Crippen molar-refractivity contribution in [3.63, 3.8) is 0 Å². The van der Waals surface area contributed by atoms with Gasteiger partial charge in [-0.15, -0.1) is 11.3 Å². The fraction of sp³-hybridized carbons (Fsp3) is 0.300. The van der Waals surface area contributed by atoms with E-state index in [0.29, 0.717) is 16.9 Å². The van der Waals surface area contributed by atoms with Gasteiger partial charge < -0.3 is 31.1 Å². The zero-order valence-corrected chi connectivity index (χ0v) is 21.3. The van der Waals surface area contributed by atoms with Gasteiger partial charge in [0.15, 0.2) is 17.5 Å². The summed E-state index contributed by atoms with van der Waals surface area (Å²) in [6, 6.07) is 2.33. The molecule has 16 nitrogen and oxygen atoms in total. The predicted molar refractivity (Wildman–Crippen MR) is 133 cm³/mol. The van der Waals surface area contributed by atoms with Crippen LogP contribution in [0.15, 0.2) is 28.7 Å². The number of thiazole rings is 1. The van der Waals surface area contributed by atoms with Crippen LogP contribution in [-0.2, 0) is 40.9 Å². The van der Waals surface area contributed by atoms with E-state index in [1.807, 2.05) is 0 Å². The number of nitrogens with zero attached hydrogens (tertiary/aromatic N) is 3. The lowest BCUT2D eigenvalue weighted by atomic mass is 10.0. The maximum Gasteiger partial charge on any atom is 0.362 e. The molecule has 38 heavy (non-hydrogen) atoms. The summed E-state index contributed by atoms with van der Waals surface area (Å²) in [5.41, 5.74) is 11.7. The van der Waals surface area contributed by atoms with Crippen LogP contribution < -0.4 is 21.5 Å². The summed E-state index contributed by atoms with van der Waals surface area (Å²) in [6.45, 7) is 1.24. The Balaban J connectivity index is 1.66. The number of hydrogen-bond donors (Lipinski definition) is 5. The highest BCUT2D eigenvalue weighted by Crippen LogP contribution is 2.24. The van der Waals surface area contributed by atoms with E-state index in [-0.39, 0.29) is 53.0 Å². The van der Waals surface area contributed by atoms with Crippen LogP contribution in [0.1, 0.15) is 23.7 Å². The Morgan fingerprint density at radius 2 is 2.13 bits per heavy atom. The maximum atomic E-state index is 12.8. The highest BCUT2D eigenvalue weighted by Gasteiger charge is 2.51. The van der Waals surface area contributed by atoms with Gasteiger partial charge in [-0.05, 0) is 25.1 Å². The van der Waals surface area contributed by atoms with Gasteiger partial charge in [0, 0.05) is 16.5 Å².